The number of aromatic nitrogens is 3. The fourth-order valence-electron chi connectivity index (χ4n) is 2.43. The van der Waals surface area contributed by atoms with E-state index in [1.165, 1.54) is 0 Å². The Morgan fingerprint density at radius 3 is 2.94 bits per heavy atom. The number of amides is 1. The molecule has 2 fully saturated rings. The summed E-state index contributed by atoms with van der Waals surface area (Å²) in [6.07, 6.45) is 4.24. The van der Waals surface area contributed by atoms with Gasteiger partial charge in [-0.1, -0.05) is 0 Å². The molecule has 0 aromatic carbocycles. The van der Waals surface area contributed by atoms with Crippen LogP contribution in [-0.4, -0.2) is 39.7 Å². The summed E-state index contributed by atoms with van der Waals surface area (Å²) in [5, 5.41) is 13.2. The van der Waals surface area contributed by atoms with Crippen molar-refractivity contribution >= 4 is 5.91 Å². The number of aromatic amines is 1. The van der Waals surface area contributed by atoms with Gasteiger partial charge in [0.15, 0.2) is 0 Å². The van der Waals surface area contributed by atoms with Crippen molar-refractivity contribution < 1.29 is 4.79 Å². The molecule has 3 N–H and O–H groups in total. The monoisotopic (exact) mass is 249 g/mol. The van der Waals surface area contributed by atoms with Crippen molar-refractivity contribution in [1.82, 2.24) is 25.8 Å². The quantitative estimate of drug-likeness (QED) is 0.730. The Labute approximate surface area is 106 Å². The van der Waals surface area contributed by atoms with Crippen molar-refractivity contribution in [3.05, 3.63) is 11.6 Å². The van der Waals surface area contributed by atoms with Crippen LogP contribution in [0.4, 0.5) is 0 Å². The second-order valence-corrected chi connectivity index (χ2v) is 5.37. The smallest absolute Gasteiger partial charge is 0.291 e. The second-order valence-electron chi connectivity index (χ2n) is 5.37. The zero-order valence-corrected chi connectivity index (χ0v) is 10.6. The SMILES string of the molecule is CC1CC(NC(=O)c2n[nH]c(C3CC3)n2)CCN1. The van der Waals surface area contributed by atoms with Gasteiger partial charge in [0.05, 0.1) is 0 Å². The Hall–Kier alpha value is -1.43. The topological polar surface area (TPSA) is 82.7 Å². The third-order valence-corrected chi connectivity index (χ3v) is 3.63. The van der Waals surface area contributed by atoms with E-state index in [4.69, 9.17) is 0 Å². The molecule has 3 rings (SSSR count). The van der Waals surface area contributed by atoms with Gasteiger partial charge in [-0.15, -0.1) is 5.10 Å². The number of piperidine rings is 1. The molecule has 6 heteroatoms. The normalized spacial score (nSPS) is 28.1. The summed E-state index contributed by atoms with van der Waals surface area (Å²) >= 11 is 0. The highest BCUT2D eigenvalue weighted by atomic mass is 16.2. The Bertz CT molecular complexity index is 439. The highest BCUT2D eigenvalue weighted by Crippen LogP contribution is 2.37. The lowest BCUT2D eigenvalue weighted by molar-refractivity contribution is 0.0915. The van der Waals surface area contributed by atoms with Gasteiger partial charge in [-0.25, -0.2) is 4.98 Å². The van der Waals surface area contributed by atoms with Gasteiger partial charge in [0, 0.05) is 18.0 Å². The Morgan fingerprint density at radius 2 is 2.22 bits per heavy atom. The molecule has 0 spiro atoms. The predicted molar refractivity (Wildman–Crippen MR) is 66.3 cm³/mol. The number of carbonyl (C=O) groups excluding carboxylic acids is 1. The molecule has 1 amide bonds. The van der Waals surface area contributed by atoms with Crippen molar-refractivity contribution in [1.29, 1.82) is 0 Å². The lowest BCUT2D eigenvalue weighted by Gasteiger charge is -2.28. The number of nitrogens with zero attached hydrogens (tertiary/aromatic N) is 2. The highest BCUT2D eigenvalue weighted by Gasteiger charge is 2.29. The zero-order chi connectivity index (χ0) is 12.5. The first-order valence-corrected chi connectivity index (χ1v) is 6.69. The zero-order valence-electron chi connectivity index (χ0n) is 10.6. The number of rotatable bonds is 3. The van der Waals surface area contributed by atoms with Crippen molar-refractivity contribution in [2.75, 3.05) is 6.54 Å². The summed E-state index contributed by atoms with van der Waals surface area (Å²) in [7, 11) is 0. The van der Waals surface area contributed by atoms with Gasteiger partial charge < -0.3 is 10.6 Å². The van der Waals surface area contributed by atoms with Crippen molar-refractivity contribution in [3.8, 4) is 0 Å². The van der Waals surface area contributed by atoms with E-state index >= 15 is 0 Å². The van der Waals surface area contributed by atoms with Crippen LogP contribution in [-0.2, 0) is 0 Å². The minimum absolute atomic E-state index is 0.155. The van der Waals surface area contributed by atoms with E-state index in [1.807, 2.05) is 0 Å². The maximum absolute atomic E-state index is 12.0. The molecule has 2 heterocycles. The van der Waals surface area contributed by atoms with Crippen molar-refractivity contribution in [2.45, 2.75) is 50.6 Å². The molecule has 1 saturated heterocycles. The maximum Gasteiger partial charge on any atom is 0.291 e. The molecule has 6 nitrogen and oxygen atoms in total. The van der Waals surface area contributed by atoms with Crippen LogP contribution in [0.1, 0.15) is 55.0 Å². The lowest BCUT2D eigenvalue weighted by Crippen LogP contribution is -2.46. The van der Waals surface area contributed by atoms with Crippen LogP contribution in [0, 0.1) is 0 Å². The van der Waals surface area contributed by atoms with Crippen LogP contribution in [0.2, 0.25) is 0 Å². The molecule has 18 heavy (non-hydrogen) atoms. The van der Waals surface area contributed by atoms with Crippen LogP contribution in [0.15, 0.2) is 0 Å². The predicted octanol–water partition coefficient (Wildman–Crippen LogP) is 0.552. The van der Waals surface area contributed by atoms with E-state index in [0.717, 1.165) is 38.1 Å². The average Bonchev–Trinajstić information content (AvgIpc) is 3.07. The summed E-state index contributed by atoms with van der Waals surface area (Å²) in [5.74, 6) is 1.48. The molecule has 2 aliphatic rings. The summed E-state index contributed by atoms with van der Waals surface area (Å²) < 4.78 is 0. The van der Waals surface area contributed by atoms with Gasteiger partial charge >= 0.3 is 0 Å². The Morgan fingerprint density at radius 1 is 1.39 bits per heavy atom. The minimum atomic E-state index is -0.155. The molecule has 98 valence electrons. The molecular formula is C12H19N5O. The summed E-state index contributed by atoms with van der Waals surface area (Å²) in [4.78, 5) is 16.3. The third-order valence-electron chi connectivity index (χ3n) is 3.63. The van der Waals surface area contributed by atoms with E-state index in [1.54, 1.807) is 0 Å². The largest absolute Gasteiger partial charge is 0.346 e. The number of hydrogen-bond donors (Lipinski definition) is 3. The molecular weight excluding hydrogens is 230 g/mol. The van der Waals surface area contributed by atoms with E-state index in [2.05, 4.69) is 32.7 Å². The van der Waals surface area contributed by atoms with Crippen LogP contribution >= 0.6 is 0 Å². The van der Waals surface area contributed by atoms with Gasteiger partial charge in [0.1, 0.15) is 5.82 Å². The number of H-pyrrole nitrogens is 1. The van der Waals surface area contributed by atoms with Crippen LogP contribution < -0.4 is 10.6 Å². The van der Waals surface area contributed by atoms with Crippen molar-refractivity contribution in [2.24, 2.45) is 0 Å². The van der Waals surface area contributed by atoms with E-state index < -0.39 is 0 Å². The van der Waals surface area contributed by atoms with Gasteiger partial charge in [0.2, 0.25) is 5.82 Å². The van der Waals surface area contributed by atoms with E-state index in [-0.39, 0.29) is 17.8 Å². The van der Waals surface area contributed by atoms with Crippen LogP contribution in [0.5, 0.6) is 0 Å². The van der Waals surface area contributed by atoms with Gasteiger partial charge in [-0.05, 0) is 39.2 Å². The summed E-state index contributed by atoms with van der Waals surface area (Å²) in [6, 6.07) is 0.690. The van der Waals surface area contributed by atoms with Crippen molar-refractivity contribution in [3.63, 3.8) is 0 Å². The first kappa shape index (κ1) is 11.6. The lowest BCUT2D eigenvalue weighted by atomic mass is 10.0. The Balaban J connectivity index is 1.59. The highest BCUT2D eigenvalue weighted by molar-refractivity contribution is 5.90. The third kappa shape index (κ3) is 2.53. The molecule has 1 aromatic rings. The van der Waals surface area contributed by atoms with E-state index in [9.17, 15) is 4.79 Å². The second kappa shape index (κ2) is 4.68. The molecule has 1 aromatic heterocycles. The molecule has 1 saturated carbocycles. The first-order chi connectivity index (χ1) is 8.72. The van der Waals surface area contributed by atoms with Crippen LogP contribution in [0.25, 0.3) is 0 Å². The number of nitrogens with one attached hydrogen (secondary N) is 3. The molecule has 0 radical (unpaired) electrons. The molecule has 1 aliphatic heterocycles. The fourth-order valence-corrected chi connectivity index (χ4v) is 2.43. The fraction of sp³-hybridized carbons (Fsp3) is 0.750. The summed E-state index contributed by atoms with van der Waals surface area (Å²) in [5.41, 5.74) is 0. The maximum atomic E-state index is 12.0. The molecule has 0 bridgehead atoms. The summed E-state index contributed by atoms with van der Waals surface area (Å²) in [6.45, 7) is 3.09. The van der Waals surface area contributed by atoms with Gasteiger partial charge in [0.25, 0.3) is 5.91 Å². The van der Waals surface area contributed by atoms with Gasteiger partial charge in [-0.2, -0.15) is 0 Å². The number of hydrogen-bond acceptors (Lipinski definition) is 4. The number of carbonyl (C=O) groups is 1. The minimum Gasteiger partial charge on any atom is -0.346 e. The Kier molecular flexibility index (Phi) is 3.03. The molecule has 2 atom stereocenters. The van der Waals surface area contributed by atoms with Gasteiger partial charge in [-0.3, -0.25) is 9.89 Å². The van der Waals surface area contributed by atoms with Crippen LogP contribution in [0.3, 0.4) is 0 Å². The molecule has 2 unspecified atom stereocenters. The molecule has 1 aliphatic carbocycles. The van der Waals surface area contributed by atoms with E-state index in [0.29, 0.717) is 12.0 Å². The first-order valence-electron chi connectivity index (χ1n) is 6.69. The average molecular weight is 249 g/mol. The standard InChI is InChI=1S/C12H19N5O/c1-7-6-9(4-5-13-7)14-12(18)11-15-10(16-17-11)8-2-3-8/h7-9,13H,2-6H2,1H3,(H,14,18)(H,15,16,17).